The van der Waals surface area contributed by atoms with Gasteiger partial charge in [-0.1, -0.05) is 37.3 Å². The molecule has 1 atom stereocenters. The first-order chi connectivity index (χ1) is 10.0. The molecule has 21 heavy (non-hydrogen) atoms. The van der Waals surface area contributed by atoms with Crippen molar-refractivity contribution in [1.82, 2.24) is 15.1 Å². The molecule has 1 unspecified atom stereocenters. The molecule has 0 heterocycles. The number of aliphatic hydroxyl groups is 1. The lowest BCUT2D eigenvalue weighted by molar-refractivity contribution is 0.137. The second-order valence-electron chi connectivity index (χ2n) is 5.99. The van der Waals surface area contributed by atoms with E-state index < -0.39 is 0 Å². The highest BCUT2D eigenvalue weighted by Crippen LogP contribution is 2.24. The first kappa shape index (κ1) is 18.1. The number of nitrogens with one attached hydrogen (secondary N) is 1. The second-order valence-corrected chi connectivity index (χ2v) is 5.99. The standard InChI is InChI=1S/C17H31N3O/c1-5-18-17(15-21,16-9-7-6-8-10-16)11-12-20(4)14-13-19(2)3/h6-10,18,21H,5,11-15H2,1-4H3. The lowest BCUT2D eigenvalue weighted by Crippen LogP contribution is -2.48. The van der Waals surface area contributed by atoms with Crippen LogP contribution in [0.2, 0.25) is 0 Å². The maximum atomic E-state index is 10.0. The maximum Gasteiger partial charge on any atom is 0.0681 e. The van der Waals surface area contributed by atoms with Gasteiger partial charge >= 0.3 is 0 Å². The molecule has 1 rings (SSSR count). The molecular formula is C17H31N3O. The Labute approximate surface area is 129 Å². The van der Waals surface area contributed by atoms with E-state index in [-0.39, 0.29) is 12.1 Å². The van der Waals surface area contributed by atoms with Gasteiger partial charge in [-0.15, -0.1) is 0 Å². The van der Waals surface area contributed by atoms with Gasteiger partial charge < -0.3 is 20.2 Å². The topological polar surface area (TPSA) is 38.7 Å². The zero-order valence-corrected chi connectivity index (χ0v) is 14.0. The summed E-state index contributed by atoms with van der Waals surface area (Å²) in [6.07, 6.45) is 0.894. The van der Waals surface area contributed by atoms with E-state index in [0.29, 0.717) is 0 Å². The number of rotatable bonds is 10. The van der Waals surface area contributed by atoms with Gasteiger partial charge in [-0.3, -0.25) is 0 Å². The molecular weight excluding hydrogens is 262 g/mol. The van der Waals surface area contributed by atoms with Gasteiger partial charge in [0.05, 0.1) is 12.1 Å². The van der Waals surface area contributed by atoms with Gasteiger partial charge in [0.15, 0.2) is 0 Å². The molecule has 2 N–H and O–H groups in total. The minimum Gasteiger partial charge on any atom is -0.394 e. The van der Waals surface area contributed by atoms with Gasteiger partial charge in [-0.05, 0) is 39.7 Å². The van der Waals surface area contributed by atoms with Crippen LogP contribution >= 0.6 is 0 Å². The molecule has 0 amide bonds. The number of nitrogens with zero attached hydrogens (tertiary/aromatic N) is 2. The second kappa shape index (κ2) is 9.15. The largest absolute Gasteiger partial charge is 0.394 e. The van der Waals surface area contributed by atoms with E-state index in [1.807, 2.05) is 18.2 Å². The Hall–Kier alpha value is -0.940. The third-order valence-electron chi connectivity index (χ3n) is 3.96. The molecule has 0 bridgehead atoms. The van der Waals surface area contributed by atoms with E-state index in [0.717, 1.165) is 38.2 Å². The number of hydrogen-bond donors (Lipinski definition) is 2. The van der Waals surface area contributed by atoms with Crippen LogP contribution in [0.5, 0.6) is 0 Å². The molecule has 0 fully saturated rings. The van der Waals surface area contributed by atoms with E-state index in [2.05, 4.69) is 55.3 Å². The summed E-state index contributed by atoms with van der Waals surface area (Å²) >= 11 is 0. The third-order valence-corrected chi connectivity index (χ3v) is 3.96. The van der Waals surface area contributed by atoms with Crippen LogP contribution in [0.25, 0.3) is 0 Å². The summed E-state index contributed by atoms with van der Waals surface area (Å²) in [5.74, 6) is 0. The number of hydrogen-bond acceptors (Lipinski definition) is 4. The van der Waals surface area contributed by atoms with Crippen molar-refractivity contribution in [3.8, 4) is 0 Å². The molecule has 0 saturated carbocycles. The van der Waals surface area contributed by atoms with Crippen LogP contribution in [0.1, 0.15) is 18.9 Å². The molecule has 0 aliphatic rings. The fraction of sp³-hybridized carbons (Fsp3) is 0.647. The maximum absolute atomic E-state index is 10.0. The Morgan fingerprint density at radius 2 is 1.71 bits per heavy atom. The summed E-state index contributed by atoms with van der Waals surface area (Å²) in [7, 11) is 6.32. The molecule has 0 aliphatic heterocycles. The lowest BCUT2D eigenvalue weighted by Gasteiger charge is -2.35. The highest BCUT2D eigenvalue weighted by Gasteiger charge is 2.30. The molecule has 4 heteroatoms. The smallest absolute Gasteiger partial charge is 0.0681 e. The molecule has 1 aromatic carbocycles. The number of aliphatic hydroxyl groups excluding tert-OH is 1. The SMILES string of the molecule is CCNC(CO)(CCN(C)CCN(C)C)c1ccccc1. The molecule has 0 aromatic heterocycles. The molecule has 1 aromatic rings. The van der Waals surface area contributed by atoms with Crippen molar-refractivity contribution < 1.29 is 5.11 Å². The van der Waals surface area contributed by atoms with Gasteiger partial charge in [-0.25, -0.2) is 0 Å². The normalized spacial score (nSPS) is 14.6. The quantitative estimate of drug-likeness (QED) is 0.683. The predicted octanol–water partition coefficient (Wildman–Crippen LogP) is 1.37. The summed E-state index contributed by atoms with van der Waals surface area (Å²) in [4.78, 5) is 4.52. The van der Waals surface area contributed by atoms with Gasteiger partial charge in [-0.2, -0.15) is 0 Å². The summed E-state index contributed by atoms with van der Waals surface area (Å²) in [6.45, 7) is 6.09. The summed E-state index contributed by atoms with van der Waals surface area (Å²) in [5, 5.41) is 13.5. The molecule has 0 spiro atoms. The van der Waals surface area contributed by atoms with Gasteiger partial charge in [0, 0.05) is 19.6 Å². The van der Waals surface area contributed by atoms with Gasteiger partial charge in [0.2, 0.25) is 0 Å². The van der Waals surface area contributed by atoms with E-state index in [9.17, 15) is 5.11 Å². The first-order valence-corrected chi connectivity index (χ1v) is 7.79. The van der Waals surface area contributed by atoms with E-state index in [1.165, 1.54) is 0 Å². The zero-order chi connectivity index (χ0) is 15.7. The van der Waals surface area contributed by atoms with Crippen molar-refractivity contribution in [2.24, 2.45) is 0 Å². The van der Waals surface area contributed by atoms with Crippen molar-refractivity contribution in [3.05, 3.63) is 35.9 Å². The van der Waals surface area contributed by atoms with Crippen LogP contribution in [0.4, 0.5) is 0 Å². The van der Waals surface area contributed by atoms with Crippen molar-refractivity contribution in [2.75, 3.05) is 53.9 Å². The Kier molecular flexibility index (Phi) is 7.89. The number of likely N-dealkylation sites (N-methyl/N-ethyl adjacent to an activating group) is 3. The van der Waals surface area contributed by atoms with Crippen LogP contribution < -0.4 is 5.32 Å². The molecule has 0 saturated heterocycles. The lowest BCUT2D eigenvalue weighted by atomic mass is 9.87. The van der Waals surface area contributed by atoms with Crippen LogP contribution in [0.3, 0.4) is 0 Å². The Balaban J connectivity index is 2.70. The van der Waals surface area contributed by atoms with Crippen molar-refractivity contribution >= 4 is 0 Å². The Bertz CT molecular complexity index is 383. The predicted molar refractivity (Wildman–Crippen MR) is 89.6 cm³/mol. The fourth-order valence-corrected chi connectivity index (χ4v) is 2.52. The van der Waals surface area contributed by atoms with Crippen LogP contribution in [0.15, 0.2) is 30.3 Å². The van der Waals surface area contributed by atoms with E-state index >= 15 is 0 Å². The first-order valence-electron chi connectivity index (χ1n) is 7.79. The molecule has 4 nitrogen and oxygen atoms in total. The van der Waals surface area contributed by atoms with E-state index in [4.69, 9.17) is 0 Å². The Morgan fingerprint density at radius 1 is 1.05 bits per heavy atom. The summed E-state index contributed by atoms with van der Waals surface area (Å²) in [5.41, 5.74) is 0.818. The monoisotopic (exact) mass is 293 g/mol. The van der Waals surface area contributed by atoms with Crippen molar-refractivity contribution in [3.63, 3.8) is 0 Å². The highest BCUT2D eigenvalue weighted by molar-refractivity contribution is 5.24. The fourth-order valence-electron chi connectivity index (χ4n) is 2.52. The highest BCUT2D eigenvalue weighted by atomic mass is 16.3. The third kappa shape index (κ3) is 5.75. The van der Waals surface area contributed by atoms with Crippen molar-refractivity contribution in [2.45, 2.75) is 18.9 Å². The summed E-state index contributed by atoms with van der Waals surface area (Å²) < 4.78 is 0. The van der Waals surface area contributed by atoms with Crippen molar-refractivity contribution in [1.29, 1.82) is 0 Å². The number of benzene rings is 1. The van der Waals surface area contributed by atoms with Crippen LogP contribution in [-0.2, 0) is 5.54 Å². The van der Waals surface area contributed by atoms with E-state index in [1.54, 1.807) is 0 Å². The minimum atomic E-state index is -0.345. The molecule has 0 radical (unpaired) electrons. The molecule has 0 aliphatic carbocycles. The molecule has 120 valence electrons. The Morgan fingerprint density at radius 3 is 2.24 bits per heavy atom. The van der Waals surface area contributed by atoms with Crippen LogP contribution in [-0.4, -0.2) is 68.8 Å². The average Bonchev–Trinajstić information content (AvgIpc) is 2.50. The average molecular weight is 293 g/mol. The summed E-state index contributed by atoms with van der Waals surface area (Å²) in [6, 6.07) is 10.3. The van der Waals surface area contributed by atoms with Gasteiger partial charge in [0.25, 0.3) is 0 Å². The zero-order valence-electron chi connectivity index (χ0n) is 14.0. The van der Waals surface area contributed by atoms with Gasteiger partial charge in [0.1, 0.15) is 0 Å². The minimum absolute atomic E-state index is 0.117. The van der Waals surface area contributed by atoms with Crippen LogP contribution in [0, 0.1) is 0 Å².